The summed E-state index contributed by atoms with van der Waals surface area (Å²) in [6, 6.07) is 3.57. The molecule has 2 aromatic rings. The third-order valence-electron chi connectivity index (χ3n) is 2.49. The van der Waals surface area contributed by atoms with Crippen LogP contribution in [0.4, 0.5) is 10.1 Å². The van der Waals surface area contributed by atoms with E-state index in [1.54, 1.807) is 7.05 Å². The van der Waals surface area contributed by atoms with Crippen molar-refractivity contribution in [2.75, 3.05) is 11.8 Å². The monoisotopic (exact) mass is 318 g/mol. The van der Waals surface area contributed by atoms with Gasteiger partial charge in [-0.1, -0.05) is 11.6 Å². The molecule has 0 bridgehead atoms. The van der Waals surface area contributed by atoms with Gasteiger partial charge in [0.05, 0.1) is 16.9 Å². The minimum Gasteiger partial charge on any atom is -0.316 e. The Morgan fingerprint density at radius 1 is 1.45 bits per heavy atom. The molecule has 0 unspecified atom stereocenters. The summed E-state index contributed by atoms with van der Waals surface area (Å²) in [6.45, 7) is 0.344. The molecule has 0 saturated carbocycles. The van der Waals surface area contributed by atoms with Crippen molar-refractivity contribution in [3.8, 4) is 0 Å². The first kappa shape index (κ1) is 14.8. The number of hydrogen-bond acceptors (Lipinski definition) is 4. The fourth-order valence-electron chi connectivity index (χ4n) is 1.61. The Bertz CT molecular complexity index is 717. The first-order valence-corrected chi connectivity index (χ1v) is 7.45. The molecule has 1 aromatic carbocycles. The van der Waals surface area contributed by atoms with Crippen LogP contribution in [0.15, 0.2) is 29.4 Å². The quantitative estimate of drug-likeness (QED) is 0.783. The Morgan fingerprint density at radius 3 is 2.85 bits per heavy atom. The lowest BCUT2D eigenvalue weighted by atomic mass is 10.3. The molecule has 0 amide bonds. The maximum atomic E-state index is 13.0. The Labute approximate surface area is 120 Å². The minimum absolute atomic E-state index is 0.0488. The van der Waals surface area contributed by atoms with Crippen molar-refractivity contribution in [3.63, 3.8) is 0 Å². The number of aromatic amines is 1. The number of halogens is 2. The number of H-pyrrole nitrogens is 1. The molecule has 1 heterocycles. The maximum Gasteiger partial charge on any atom is 0.279 e. The number of sulfonamides is 1. The van der Waals surface area contributed by atoms with E-state index >= 15 is 0 Å². The highest BCUT2D eigenvalue weighted by atomic mass is 35.5. The van der Waals surface area contributed by atoms with Gasteiger partial charge in [0.15, 0.2) is 5.03 Å². The number of nitrogens with one attached hydrogen (secondary N) is 3. The van der Waals surface area contributed by atoms with Gasteiger partial charge in [-0.25, -0.2) is 4.39 Å². The molecule has 108 valence electrons. The van der Waals surface area contributed by atoms with Crippen molar-refractivity contribution >= 4 is 27.3 Å². The molecular formula is C11H12ClFN4O2S. The standard InChI is InChI=1S/C11H12ClFN4O2S/c1-14-5-7-6-15-16-11(7)20(18,19)17-8-2-3-10(13)9(12)4-8/h2-4,6,14,17H,5H2,1H3,(H,15,16). The Morgan fingerprint density at radius 2 is 2.20 bits per heavy atom. The third-order valence-corrected chi connectivity index (χ3v) is 4.17. The molecule has 6 nitrogen and oxygen atoms in total. The normalized spacial score (nSPS) is 11.6. The van der Waals surface area contributed by atoms with Gasteiger partial charge in [0.25, 0.3) is 10.0 Å². The summed E-state index contributed by atoms with van der Waals surface area (Å²) in [7, 11) is -2.15. The molecule has 1 aromatic heterocycles. The van der Waals surface area contributed by atoms with Crippen molar-refractivity contribution in [2.24, 2.45) is 0 Å². The summed E-state index contributed by atoms with van der Waals surface area (Å²) in [6.07, 6.45) is 1.42. The molecule has 0 atom stereocenters. The highest BCUT2D eigenvalue weighted by Gasteiger charge is 2.20. The van der Waals surface area contributed by atoms with Crippen molar-refractivity contribution < 1.29 is 12.8 Å². The van der Waals surface area contributed by atoms with E-state index in [-0.39, 0.29) is 15.7 Å². The minimum atomic E-state index is -3.84. The van der Waals surface area contributed by atoms with Gasteiger partial charge in [-0.05, 0) is 25.2 Å². The molecule has 0 aliphatic carbocycles. The molecule has 2 rings (SSSR count). The van der Waals surface area contributed by atoms with Gasteiger partial charge >= 0.3 is 0 Å². The molecule has 0 fully saturated rings. The topological polar surface area (TPSA) is 86.9 Å². The number of benzene rings is 1. The summed E-state index contributed by atoms with van der Waals surface area (Å²) in [5, 5.41) is 8.77. The number of nitrogens with zero attached hydrogens (tertiary/aromatic N) is 1. The highest BCUT2D eigenvalue weighted by Crippen LogP contribution is 2.22. The first-order valence-electron chi connectivity index (χ1n) is 5.59. The second-order valence-electron chi connectivity index (χ2n) is 3.99. The molecule has 0 aliphatic heterocycles. The van der Waals surface area contributed by atoms with Crippen molar-refractivity contribution in [2.45, 2.75) is 11.6 Å². The summed E-state index contributed by atoms with van der Waals surface area (Å²) < 4.78 is 39.8. The Kier molecular flexibility index (Phi) is 4.26. The fraction of sp³-hybridized carbons (Fsp3) is 0.182. The van der Waals surface area contributed by atoms with E-state index in [2.05, 4.69) is 20.2 Å². The summed E-state index contributed by atoms with van der Waals surface area (Å²) >= 11 is 5.61. The molecule has 0 saturated heterocycles. The predicted octanol–water partition coefficient (Wildman–Crippen LogP) is 1.72. The van der Waals surface area contributed by atoms with Gasteiger partial charge in [0.2, 0.25) is 0 Å². The molecule has 0 radical (unpaired) electrons. The second-order valence-corrected chi connectivity index (χ2v) is 6.02. The third kappa shape index (κ3) is 3.09. The average Bonchev–Trinajstić information content (AvgIpc) is 2.83. The van der Waals surface area contributed by atoms with Crippen molar-refractivity contribution in [1.82, 2.24) is 15.5 Å². The largest absolute Gasteiger partial charge is 0.316 e. The zero-order chi connectivity index (χ0) is 14.8. The van der Waals surface area contributed by atoms with E-state index in [0.717, 1.165) is 6.07 Å². The van der Waals surface area contributed by atoms with E-state index in [9.17, 15) is 12.8 Å². The number of hydrogen-bond donors (Lipinski definition) is 3. The van der Waals surface area contributed by atoms with Crippen LogP contribution in [0.1, 0.15) is 5.56 Å². The van der Waals surface area contributed by atoms with E-state index in [0.29, 0.717) is 12.1 Å². The number of aromatic nitrogens is 2. The van der Waals surface area contributed by atoms with E-state index < -0.39 is 15.8 Å². The number of anilines is 1. The van der Waals surface area contributed by atoms with Gasteiger partial charge in [-0.3, -0.25) is 9.82 Å². The molecular weight excluding hydrogens is 307 g/mol. The van der Waals surface area contributed by atoms with Gasteiger partial charge < -0.3 is 5.32 Å². The molecule has 0 aliphatic rings. The van der Waals surface area contributed by atoms with Gasteiger partial charge in [-0.15, -0.1) is 0 Å². The molecule has 0 spiro atoms. The molecule has 3 N–H and O–H groups in total. The smallest absolute Gasteiger partial charge is 0.279 e. The Balaban J connectivity index is 2.30. The average molecular weight is 319 g/mol. The summed E-state index contributed by atoms with van der Waals surface area (Å²) in [4.78, 5) is 0. The van der Waals surface area contributed by atoms with Gasteiger partial charge in [-0.2, -0.15) is 13.5 Å². The second kappa shape index (κ2) is 5.78. The summed E-state index contributed by atoms with van der Waals surface area (Å²) in [5.41, 5.74) is 0.662. The van der Waals surface area contributed by atoms with Gasteiger partial charge in [0, 0.05) is 12.1 Å². The van der Waals surface area contributed by atoms with Crippen LogP contribution >= 0.6 is 11.6 Å². The molecule has 20 heavy (non-hydrogen) atoms. The van der Waals surface area contributed by atoms with Crippen LogP contribution in [0.5, 0.6) is 0 Å². The van der Waals surface area contributed by atoms with Crippen LogP contribution in [-0.2, 0) is 16.6 Å². The first-order chi connectivity index (χ1) is 9.44. The van der Waals surface area contributed by atoms with Crippen molar-refractivity contribution in [1.29, 1.82) is 0 Å². The van der Waals surface area contributed by atoms with Gasteiger partial charge in [0.1, 0.15) is 5.82 Å². The van der Waals surface area contributed by atoms with E-state index in [4.69, 9.17) is 11.6 Å². The number of rotatable bonds is 5. The lowest BCUT2D eigenvalue weighted by Crippen LogP contribution is -2.17. The van der Waals surface area contributed by atoms with E-state index in [1.807, 2.05) is 0 Å². The maximum absolute atomic E-state index is 13.0. The zero-order valence-corrected chi connectivity index (χ0v) is 12.0. The van der Waals surface area contributed by atoms with Crippen LogP contribution in [0, 0.1) is 5.82 Å². The lowest BCUT2D eigenvalue weighted by Gasteiger charge is -2.08. The van der Waals surface area contributed by atoms with Crippen LogP contribution in [0.25, 0.3) is 0 Å². The Hall–Kier alpha value is -1.64. The predicted molar refractivity (Wildman–Crippen MR) is 73.6 cm³/mol. The van der Waals surface area contributed by atoms with Crippen LogP contribution in [0.3, 0.4) is 0 Å². The highest BCUT2D eigenvalue weighted by molar-refractivity contribution is 7.92. The van der Waals surface area contributed by atoms with Crippen LogP contribution < -0.4 is 10.0 Å². The SMILES string of the molecule is CNCc1cn[nH]c1S(=O)(=O)Nc1ccc(F)c(Cl)c1. The van der Waals surface area contributed by atoms with Crippen LogP contribution in [-0.4, -0.2) is 25.7 Å². The van der Waals surface area contributed by atoms with Crippen LogP contribution in [0.2, 0.25) is 5.02 Å². The molecule has 9 heteroatoms. The van der Waals surface area contributed by atoms with E-state index in [1.165, 1.54) is 18.3 Å². The summed E-state index contributed by atoms with van der Waals surface area (Å²) in [5.74, 6) is -0.618. The lowest BCUT2D eigenvalue weighted by molar-refractivity contribution is 0.595. The van der Waals surface area contributed by atoms with Crippen molar-refractivity contribution in [3.05, 3.63) is 40.8 Å². The fourth-order valence-corrected chi connectivity index (χ4v) is 2.98. The zero-order valence-electron chi connectivity index (χ0n) is 10.4.